The van der Waals surface area contributed by atoms with Crippen LogP contribution in [-0.2, 0) is 11.2 Å². The highest BCUT2D eigenvalue weighted by atomic mass is 35.5. The van der Waals surface area contributed by atoms with Gasteiger partial charge in [-0.15, -0.1) is 0 Å². The standard InChI is InChI=1S/C23H23ClN2O2/c1-16-7-5-6-10-20(16)26-23(28)22(17-8-3-2-4-9-17)25-14-13-18-15-19(24)11-12-21(18)27/h2-12,15,22,25,27H,13-14H2,1H3,(H,26,28)/t22-/m1/s1. The number of rotatable bonds is 7. The van der Waals surface area contributed by atoms with E-state index in [1.165, 1.54) is 0 Å². The topological polar surface area (TPSA) is 61.4 Å². The molecule has 3 rings (SSSR count). The highest BCUT2D eigenvalue weighted by molar-refractivity contribution is 6.30. The van der Waals surface area contributed by atoms with Crippen molar-refractivity contribution in [1.82, 2.24) is 5.32 Å². The maximum absolute atomic E-state index is 13.0. The van der Waals surface area contributed by atoms with E-state index in [0.717, 1.165) is 22.4 Å². The van der Waals surface area contributed by atoms with Crippen LogP contribution in [-0.4, -0.2) is 17.6 Å². The van der Waals surface area contributed by atoms with E-state index in [1.54, 1.807) is 18.2 Å². The van der Waals surface area contributed by atoms with Crippen LogP contribution in [0.3, 0.4) is 0 Å². The largest absolute Gasteiger partial charge is 0.508 e. The maximum Gasteiger partial charge on any atom is 0.246 e. The number of aryl methyl sites for hydroxylation is 1. The number of phenolic OH excluding ortho intramolecular Hbond substituents is 1. The van der Waals surface area contributed by atoms with Gasteiger partial charge in [-0.2, -0.15) is 0 Å². The second-order valence-corrected chi connectivity index (χ2v) is 7.06. The Labute approximate surface area is 170 Å². The summed E-state index contributed by atoms with van der Waals surface area (Å²) in [6, 6.07) is 21.7. The molecule has 0 unspecified atom stereocenters. The van der Waals surface area contributed by atoms with Crippen LogP contribution in [0.1, 0.15) is 22.7 Å². The Morgan fingerprint density at radius 1 is 1.04 bits per heavy atom. The Kier molecular flexibility index (Phi) is 6.69. The molecule has 0 radical (unpaired) electrons. The summed E-state index contributed by atoms with van der Waals surface area (Å²) in [5.41, 5.74) is 3.42. The molecule has 1 atom stereocenters. The van der Waals surface area contributed by atoms with Crippen LogP contribution < -0.4 is 10.6 Å². The van der Waals surface area contributed by atoms with Crippen molar-refractivity contribution in [2.45, 2.75) is 19.4 Å². The average molecular weight is 395 g/mol. The van der Waals surface area contributed by atoms with Crippen molar-refractivity contribution in [3.63, 3.8) is 0 Å². The molecule has 28 heavy (non-hydrogen) atoms. The van der Waals surface area contributed by atoms with Crippen LogP contribution in [0.15, 0.2) is 72.8 Å². The zero-order valence-corrected chi connectivity index (χ0v) is 16.4. The van der Waals surface area contributed by atoms with Gasteiger partial charge in [0.1, 0.15) is 11.8 Å². The molecule has 0 spiro atoms. The van der Waals surface area contributed by atoms with E-state index in [9.17, 15) is 9.90 Å². The van der Waals surface area contributed by atoms with Crippen LogP contribution in [0, 0.1) is 6.92 Å². The molecule has 3 aromatic rings. The van der Waals surface area contributed by atoms with Crippen LogP contribution in [0.25, 0.3) is 0 Å². The minimum Gasteiger partial charge on any atom is -0.508 e. The Morgan fingerprint density at radius 2 is 1.75 bits per heavy atom. The summed E-state index contributed by atoms with van der Waals surface area (Å²) in [4.78, 5) is 13.0. The predicted molar refractivity (Wildman–Crippen MR) is 114 cm³/mol. The third-order valence-electron chi connectivity index (χ3n) is 4.58. The lowest BCUT2D eigenvalue weighted by Crippen LogP contribution is -2.34. The van der Waals surface area contributed by atoms with E-state index in [1.807, 2.05) is 61.5 Å². The molecule has 0 aliphatic rings. The molecule has 1 amide bonds. The van der Waals surface area contributed by atoms with Crippen LogP contribution in [0.5, 0.6) is 5.75 Å². The number of anilines is 1. The van der Waals surface area contributed by atoms with E-state index >= 15 is 0 Å². The zero-order chi connectivity index (χ0) is 19.9. The highest BCUT2D eigenvalue weighted by Gasteiger charge is 2.20. The van der Waals surface area contributed by atoms with E-state index < -0.39 is 6.04 Å². The quantitative estimate of drug-likeness (QED) is 0.536. The number of aromatic hydroxyl groups is 1. The molecule has 0 bridgehead atoms. The van der Waals surface area contributed by atoms with Gasteiger partial charge in [-0.1, -0.05) is 60.1 Å². The molecular weight excluding hydrogens is 372 g/mol. The van der Waals surface area contributed by atoms with Crippen LogP contribution >= 0.6 is 11.6 Å². The summed E-state index contributed by atoms with van der Waals surface area (Å²) in [5.74, 6) is 0.0719. The fourth-order valence-electron chi connectivity index (χ4n) is 3.03. The number of hydrogen-bond acceptors (Lipinski definition) is 3. The van der Waals surface area contributed by atoms with Gasteiger partial charge in [0.25, 0.3) is 0 Å². The number of halogens is 1. The van der Waals surface area contributed by atoms with Crippen LogP contribution in [0.4, 0.5) is 5.69 Å². The maximum atomic E-state index is 13.0. The van der Waals surface area contributed by atoms with Gasteiger partial charge < -0.3 is 15.7 Å². The SMILES string of the molecule is Cc1ccccc1NC(=O)[C@H](NCCc1cc(Cl)ccc1O)c1ccccc1. The monoisotopic (exact) mass is 394 g/mol. The molecule has 144 valence electrons. The van der Waals surface area contributed by atoms with Crippen molar-refractivity contribution in [2.75, 3.05) is 11.9 Å². The van der Waals surface area contributed by atoms with E-state index in [-0.39, 0.29) is 11.7 Å². The van der Waals surface area contributed by atoms with Gasteiger partial charge in [-0.25, -0.2) is 0 Å². The normalized spacial score (nSPS) is 11.8. The lowest BCUT2D eigenvalue weighted by atomic mass is 10.0. The number of hydrogen-bond donors (Lipinski definition) is 3. The number of carbonyl (C=O) groups excluding carboxylic acids is 1. The van der Waals surface area contributed by atoms with Gasteiger partial charge in [0.15, 0.2) is 0 Å². The molecule has 0 heterocycles. The number of nitrogens with one attached hydrogen (secondary N) is 2. The summed E-state index contributed by atoms with van der Waals surface area (Å²) in [5, 5.41) is 16.9. The number of carbonyl (C=O) groups is 1. The first kappa shape index (κ1) is 19.9. The zero-order valence-electron chi connectivity index (χ0n) is 15.7. The average Bonchev–Trinajstić information content (AvgIpc) is 2.70. The van der Waals surface area contributed by atoms with E-state index in [2.05, 4.69) is 10.6 Å². The molecule has 5 heteroatoms. The van der Waals surface area contributed by atoms with Crippen molar-refractivity contribution in [1.29, 1.82) is 0 Å². The summed E-state index contributed by atoms with van der Waals surface area (Å²) >= 11 is 6.01. The van der Waals surface area contributed by atoms with Gasteiger partial charge in [0, 0.05) is 17.3 Å². The Balaban J connectivity index is 1.73. The fraction of sp³-hybridized carbons (Fsp3) is 0.174. The molecule has 4 nitrogen and oxygen atoms in total. The summed E-state index contributed by atoms with van der Waals surface area (Å²) in [7, 11) is 0. The molecule has 0 fully saturated rings. The lowest BCUT2D eigenvalue weighted by molar-refractivity contribution is -0.118. The molecule has 3 aromatic carbocycles. The predicted octanol–water partition coefficient (Wildman–Crippen LogP) is 4.87. The van der Waals surface area contributed by atoms with Gasteiger partial charge in [-0.3, -0.25) is 4.79 Å². The third-order valence-corrected chi connectivity index (χ3v) is 4.82. The van der Waals surface area contributed by atoms with Crippen molar-refractivity contribution < 1.29 is 9.90 Å². The second kappa shape index (κ2) is 9.40. The van der Waals surface area contributed by atoms with Gasteiger partial charge in [0.05, 0.1) is 0 Å². The first-order valence-electron chi connectivity index (χ1n) is 9.17. The van der Waals surface area contributed by atoms with E-state index in [4.69, 9.17) is 11.6 Å². The summed E-state index contributed by atoms with van der Waals surface area (Å²) in [6.45, 7) is 2.47. The van der Waals surface area contributed by atoms with Gasteiger partial charge >= 0.3 is 0 Å². The van der Waals surface area contributed by atoms with Crippen LogP contribution in [0.2, 0.25) is 5.02 Å². The van der Waals surface area contributed by atoms with Crippen molar-refractivity contribution in [3.05, 3.63) is 94.5 Å². The molecular formula is C23H23ClN2O2. The van der Waals surface area contributed by atoms with Crippen molar-refractivity contribution in [3.8, 4) is 5.75 Å². The lowest BCUT2D eigenvalue weighted by Gasteiger charge is -2.20. The van der Waals surface area contributed by atoms with E-state index in [0.29, 0.717) is 18.0 Å². The Morgan fingerprint density at radius 3 is 2.50 bits per heavy atom. The third kappa shape index (κ3) is 5.12. The Hall–Kier alpha value is -2.82. The number of para-hydroxylation sites is 1. The number of benzene rings is 3. The molecule has 3 N–H and O–H groups in total. The van der Waals surface area contributed by atoms with Crippen molar-refractivity contribution >= 4 is 23.2 Å². The molecule has 0 saturated heterocycles. The van der Waals surface area contributed by atoms with Crippen molar-refractivity contribution in [2.24, 2.45) is 0 Å². The smallest absolute Gasteiger partial charge is 0.246 e. The molecule has 0 aliphatic heterocycles. The minimum atomic E-state index is -0.512. The second-order valence-electron chi connectivity index (χ2n) is 6.63. The first-order valence-corrected chi connectivity index (χ1v) is 9.54. The van der Waals surface area contributed by atoms with Gasteiger partial charge in [-0.05, 0) is 54.3 Å². The first-order chi connectivity index (χ1) is 13.5. The molecule has 0 aliphatic carbocycles. The fourth-order valence-corrected chi connectivity index (χ4v) is 3.23. The summed E-state index contributed by atoms with van der Waals surface area (Å²) < 4.78 is 0. The summed E-state index contributed by atoms with van der Waals surface area (Å²) in [6.07, 6.45) is 0.549. The number of amides is 1. The van der Waals surface area contributed by atoms with Gasteiger partial charge in [0.2, 0.25) is 5.91 Å². The molecule has 0 saturated carbocycles. The number of phenols is 1. The minimum absolute atomic E-state index is 0.129. The molecule has 0 aromatic heterocycles. The Bertz CT molecular complexity index is 944. The highest BCUT2D eigenvalue weighted by Crippen LogP contribution is 2.23.